The first-order valence-corrected chi connectivity index (χ1v) is 6.50. The van der Waals surface area contributed by atoms with Crippen LogP contribution >= 0.6 is 0 Å². The minimum absolute atomic E-state index is 0.0977. The number of aromatic nitrogens is 1. The summed E-state index contributed by atoms with van der Waals surface area (Å²) in [5.41, 5.74) is 1.50. The number of carbonyl (C=O) groups excluding carboxylic acids is 1. The van der Waals surface area contributed by atoms with Crippen LogP contribution in [-0.2, 0) is 6.54 Å². The third-order valence-corrected chi connectivity index (χ3v) is 3.34. The van der Waals surface area contributed by atoms with Crippen molar-refractivity contribution in [3.8, 4) is 0 Å². The third kappa shape index (κ3) is 2.67. The van der Waals surface area contributed by atoms with Gasteiger partial charge < -0.3 is 9.42 Å². The zero-order chi connectivity index (χ0) is 13.2. The number of rotatable bonds is 4. The van der Waals surface area contributed by atoms with E-state index in [1.54, 1.807) is 18.0 Å². The molecular weight excluding hydrogens is 240 g/mol. The summed E-state index contributed by atoms with van der Waals surface area (Å²) >= 11 is 0. The van der Waals surface area contributed by atoms with Gasteiger partial charge in [-0.2, -0.15) is 0 Å². The fourth-order valence-electron chi connectivity index (χ4n) is 2.07. The largest absolute Gasteiger partial charge is 0.360 e. The molecule has 0 aliphatic heterocycles. The Morgan fingerprint density at radius 1 is 1.37 bits per heavy atom. The Balaban J connectivity index is 1.68. The third-order valence-electron chi connectivity index (χ3n) is 3.34. The molecule has 0 bridgehead atoms. The smallest absolute Gasteiger partial charge is 0.276 e. The molecule has 4 heteroatoms. The van der Waals surface area contributed by atoms with Crippen LogP contribution in [0.5, 0.6) is 0 Å². The van der Waals surface area contributed by atoms with Crippen molar-refractivity contribution >= 4 is 5.91 Å². The molecule has 1 aliphatic carbocycles. The summed E-state index contributed by atoms with van der Waals surface area (Å²) < 4.78 is 5.21. The molecular formula is C15H16N2O2. The lowest BCUT2D eigenvalue weighted by atomic mass is 10.2. The Labute approximate surface area is 112 Å². The van der Waals surface area contributed by atoms with Crippen LogP contribution < -0.4 is 0 Å². The molecule has 1 aliphatic rings. The van der Waals surface area contributed by atoms with Crippen molar-refractivity contribution in [3.63, 3.8) is 0 Å². The highest BCUT2D eigenvalue weighted by atomic mass is 16.5. The second kappa shape index (κ2) is 4.88. The van der Waals surface area contributed by atoms with E-state index in [0.717, 1.165) is 24.2 Å². The summed E-state index contributed by atoms with van der Waals surface area (Å²) in [7, 11) is 1.78. The molecule has 3 rings (SSSR count). The van der Waals surface area contributed by atoms with E-state index >= 15 is 0 Å². The number of hydrogen-bond acceptors (Lipinski definition) is 3. The number of carbonyl (C=O) groups is 1. The average molecular weight is 256 g/mol. The van der Waals surface area contributed by atoms with Gasteiger partial charge in [0.2, 0.25) is 0 Å². The number of nitrogens with zero attached hydrogens (tertiary/aromatic N) is 2. The minimum atomic E-state index is -0.0977. The van der Waals surface area contributed by atoms with Crippen molar-refractivity contribution in [2.45, 2.75) is 25.3 Å². The minimum Gasteiger partial charge on any atom is -0.360 e. The van der Waals surface area contributed by atoms with Crippen LogP contribution in [0.1, 0.15) is 40.6 Å². The van der Waals surface area contributed by atoms with E-state index in [0.29, 0.717) is 18.2 Å². The van der Waals surface area contributed by atoms with Gasteiger partial charge in [0, 0.05) is 25.6 Å². The maximum Gasteiger partial charge on any atom is 0.276 e. The standard InChI is InChI=1S/C15H16N2O2/c1-17(10-11-5-3-2-4-6-11)15(18)13-9-14(19-16-13)12-7-8-12/h2-6,9,12H,7-8,10H2,1H3. The van der Waals surface area contributed by atoms with E-state index in [9.17, 15) is 4.79 Å². The molecule has 0 unspecified atom stereocenters. The summed E-state index contributed by atoms with van der Waals surface area (Å²) in [6, 6.07) is 11.7. The molecule has 1 heterocycles. The van der Waals surface area contributed by atoms with Crippen LogP contribution in [-0.4, -0.2) is 23.0 Å². The zero-order valence-electron chi connectivity index (χ0n) is 10.9. The predicted molar refractivity (Wildman–Crippen MR) is 70.7 cm³/mol. The van der Waals surface area contributed by atoms with Gasteiger partial charge in [-0.15, -0.1) is 0 Å². The molecule has 2 aromatic rings. The van der Waals surface area contributed by atoms with Crippen LogP contribution in [0.2, 0.25) is 0 Å². The molecule has 19 heavy (non-hydrogen) atoms. The topological polar surface area (TPSA) is 46.3 Å². The van der Waals surface area contributed by atoms with Crippen molar-refractivity contribution in [1.29, 1.82) is 0 Å². The van der Waals surface area contributed by atoms with E-state index in [1.165, 1.54) is 0 Å². The van der Waals surface area contributed by atoms with E-state index in [1.807, 2.05) is 30.3 Å². The molecule has 0 saturated heterocycles. The lowest BCUT2D eigenvalue weighted by Crippen LogP contribution is -2.26. The molecule has 1 aromatic carbocycles. The van der Waals surface area contributed by atoms with Crippen LogP contribution in [0.15, 0.2) is 40.9 Å². The van der Waals surface area contributed by atoms with Crippen LogP contribution in [0.25, 0.3) is 0 Å². The van der Waals surface area contributed by atoms with Crippen molar-refractivity contribution in [2.24, 2.45) is 0 Å². The Kier molecular flexibility index (Phi) is 3.07. The maximum absolute atomic E-state index is 12.2. The molecule has 0 radical (unpaired) electrons. The Morgan fingerprint density at radius 2 is 2.11 bits per heavy atom. The number of amides is 1. The lowest BCUT2D eigenvalue weighted by Gasteiger charge is -2.15. The summed E-state index contributed by atoms with van der Waals surface area (Å²) in [6.45, 7) is 0.575. The number of benzene rings is 1. The van der Waals surface area contributed by atoms with Gasteiger partial charge in [0.25, 0.3) is 5.91 Å². The SMILES string of the molecule is CN(Cc1ccccc1)C(=O)c1cc(C2CC2)on1. The first-order valence-electron chi connectivity index (χ1n) is 6.50. The quantitative estimate of drug-likeness (QED) is 0.845. The van der Waals surface area contributed by atoms with Crippen molar-refractivity contribution in [1.82, 2.24) is 10.1 Å². The second-order valence-corrected chi connectivity index (χ2v) is 5.04. The average Bonchev–Trinajstić information content (AvgIpc) is 3.17. The van der Waals surface area contributed by atoms with Crippen LogP contribution in [0.4, 0.5) is 0 Å². The molecule has 0 spiro atoms. The van der Waals surface area contributed by atoms with Crippen LogP contribution in [0, 0.1) is 0 Å². The van der Waals surface area contributed by atoms with Gasteiger partial charge >= 0.3 is 0 Å². The van der Waals surface area contributed by atoms with Crippen molar-refractivity contribution in [2.75, 3.05) is 7.05 Å². The van der Waals surface area contributed by atoms with E-state index < -0.39 is 0 Å². The van der Waals surface area contributed by atoms with E-state index in [2.05, 4.69) is 5.16 Å². The van der Waals surface area contributed by atoms with E-state index in [4.69, 9.17) is 4.52 Å². The van der Waals surface area contributed by atoms with Gasteiger partial charge in [0.05, 0.1) is 0 Å². The Morgan fingerprint density at radius 3 is 2.79 bits per heavy atom. The first-order chi connectivity index (χ1) is 9.24. The van der Waals surface area contributed by atoms with Crippen molar-refractivity contribution < 1.29 is 9.32 Å². The van der Waals surface area contributed by atoms with Crippen molar-refractivity contribution in [3.05, 3.63) is 53.4 Å². The van der Waals surface area contributed by atoms with Crippen LogP contribution in [0.3, 0.4) is 0 Å². The Bertz CT molecular complexity index is 573. The highest BCUT2D eigenvalue weighted by Crippen LogP contribution is 2.40. The molecule has 1 saturated carbocycles. The summed E-state index contributed by atoms with van der Waals surface area (Å²) in [5.74, 6) is 1.23. The number of hydrogen-bond donors (Lipinski definition) is 0. The Hall–Kier alpha value is -2.10. The predicted octanol–water partition coefficient (Wildman–Crippen LogP) is 2.82. The molecule has 0 atom stereocenters. The molecule has 0 N–H and O–H groups in total. The summed E-state index contributed by atoms with van der Waals surface area (Å²) in [5, 5.41) is 3.87. The summed E-state index contributed by atoms with van der Waals surface area (Å²) in [4.78, 5) is 13.9. The fraction of sp³-hybridized carbons (Fsp3) is 0.333. The van der Waals surface area contributed by atoms with Gasteiger partial charge in [-0.1, -0.05) is 35.5 Å². The normalized spacial score (nSPS) is 14.4. The van der Waals surface area contributed by atoms with Gasteiger partial charge in [0.1, 0.15) is 5.76 Å². The first kappa shape index (κ1) is 12.0. The fourth-order valence-corrected chi connectivity index (χ4v) is 2.07. The maximum atomic E-state index is 12.2. The molecule has 98 valence electrons. The van der Waals surface area contributed by atoms with Gasteiger partial charge in [0.15, 0.2) is 5.69 Å². The highest BCUT2D eigenvalue weighted by molar-refractivity contribution is 5.92. The molecule has 1 amide bonds. The summed E-state index contributed by atoms with van der Waals surface area (Å²) in [6.07, 6.45) is 2.28. The molecule has 1 aromatic heterocycles. The molecule has 1 fully saturated rings. The van der Waals surface area contributed by atoms with Gasteiger partial charge in [-0.05, 0) is 18.4 Å². The lowest BCUT2D eigenvalue weighted by molar-refractivity contribution is 0.0774. The zero-order valence-corrected chi connectivity index (χ0v) is 10.9. The second-order valence-electron chi connectivity index (χ2n) is 5.04. The van der Waals surface area contributed by atoms with Gasteiger partial charge in [-0.3, -0.25) is 4.79 Å². The molecule has 4 nitrogen and oxygen atoms in total. The highest BCUT2D eigenvalue weighted by Gasteiger charge is 2.29. The monoisotopic (exact) mass is 256 g/mol. The van der Waals surface area contributed by atoms with Gasteiger partial charge in [-0.25, -0.2) is 0 Å². The van der Waals surface area contributed by atoms with E-state index in [-0.39, 0.29) is 5.91 Å².